The summed E-state index contributed by atoms with van der Waals surface area (Å²) >= 11 is 0. The van der Waals surface area contributed by atoms with Gasteiger partial charge in [0.15, 0.2) is 6.61 Å². The molecule has 0 saturated carbocycles. The molecule has 0 radical (unpaired) electrons. The summed E-state index contributed by atoms with van der Waals surface area (Å²) in [6.07, 6.45) is 1.45. The molecular formula is C18H24N4O3. The number of aromatic nitrogens is 2. The summed E-state index contributed by atoms with van der Waals surface area (Å²) in [4.78, 5) is 24.4. The predicted molar refractivity (Wildman–Crippen MR) is 95.7 cm³/mol. The van der Waals surface area contributed by atoms with E-state index in [1.54, 1.807) is 13.1 Å². The summed E-state index contributed by atoms with van der Waals surface area (Å²) in [5.41, 5.74) is 1.62. The van der Waals surface area contributed by atoms with Crippen LogP contribution >= 0.6 is 0 Å². The van der Waals surface area contributed by atoms with Crippen molar-refractivity contribution in [2.45, 2.75) is 20.8 Å². The van der Waals surface area contributed by atoms with Gasteiger partial charge in [-0.15, -0.1) is 0 Å². The number of carbonyl (C=O) groups excluding carboxylic acids is 2. The van der Waals surface area contributed by atoms with E-state index >= 15 is 0 Å². The van der Waals surface area contributed by atoms with Gasteiger partial charge < -0.3 is 15.4 Å². The largest absolute Gasteiger partial charge is 0.483 e. The molecule has 0 saturated heterocycles. The summed E-state index contributed by atoms with van der Waals surface area (Å²) in [6, 6.07) is 7.46. The smallest absolute Gasteiger partial charge is 0.271 e. The Hall–Kier alpha value is -2.83. The first-order valence-corrected chi connectivity index (χ1v) is 8.17. The first kappa shape index (κ1) is 18.5. The van der Waals surface area contributed by atoms with Crippen molar-refractivity contribution in [2.75, 3.05) is 18.5 Å². The SMILES string of the molecule is Cc1ccccc1OCC(=O)Nc1cnn(C)c1C(=O)NCC(C)C. The summed E-state index contributed by atoms with van der Waals surface area (Å²) < 4.78 is 6.96. The van der Waals surface area contributed by atoms with E-state index in [-0.39, 0.29) is 18.4 Å². The molecule has 1 aromatic carbocycles. The number of rotatable bonds is 7. The van der Waals surface area contributed by atoms with Crippen molar-refractivity contribution >= 4 is 17.5 Å². The Labute approximate surface area is 147 Å². The number of aryl methyl sites for hydroxylation is 2. The molecule has 0 aliphatic rings. The van der Waals surface area contributed by atoms with Crippen LogP contribution in [0.15, 0.2) is 30.5 Å². The number of nitrogens with one attached hydrogen (secondary N) is 2. The number of anilines is 1. The van der Waals surface area contributed by atoms with E-state index in [1.807, 2.05) is 39.0 Å². The molecule has 7 heteroatoms. The second-order valence-corrected chi connectivity index (χ2v) is 6.24. The van der Waals surface area contributed by atoms with Gasteiger partial charge in [0.05, 0.1) is 11.9 Å². The van der Waals surface area contributed by atoms with Gasteiger partial charge in [0.25, 0.3) is 11.8 Å². The van der Waals surface area contributed by atoms with Crippen molar-refractivity contribution < 1.29 is 14.3 Å². The summed E-state index contributed by atoms with van der Waals surface area (Å²) in [7, 11) is 1.66. The topological polar surface area (TPSA) is 85.2 Å². The van der Waals surface area contributed by atoms with Gasteiger partial charge in [-0.2, -0.15) is 5.10 Å². The van der Waals surface area contributed by atoms with Crippen LogP contribution in [0.5, 0.6) is 5.75 Å². The van der Waals surface area contributed by atoms with E-state index in [2.05, 4.69) is 15.7 Å². The van der Waals surface area contributed by atoms with Crippen LogP contribution in [0.3, 0.4) is 0 Å². The van der Waals surface area contributed by atoms with E-state index in [0.717, 1.165) is 5.56 Å². The third-order valence-electron chi connectivity index (χ3n) is 3.55. The van der Waals surface area contributed by atoms with Gasteiger partial charge in [-0.05, 0) is 24.5 Å². The Bertz CT molecular complexity index is 753. The van der Waals surface area contributed by atoms with Gasteiger partial charge in [0.1, 0.15) is 11.4 Å². The molecule has 0 spiro atoms. The van der Waals surface area contributed by atoms with Crippen LogP contribution in [0.2, 0.25) is 0 Å². The number of carbonyl (C=O) groups is 2. The molecule has 2 N–H and O–H groups in total. The second kappa shape index (κ2) is 8.32. The number of hydrogen-bond acceptors (Lipinski definition) is 4. The van der Waals surface area contributed by atoms with Crippen LogP contribution in [0, 0.1) is 12.8 Å². The molecule has 0 aliphatic carbocycles. The monoisotopic (exact) mass is 344 g/mol. The molecule has 1 heterocycles. The number of ether oxygens (including phenoxy) is 1. The van der Waals surface area contributed by atoms with Crippen molar-refractivity contribution in [1.29, 1.82) is 0 Å². The fourth-order valence-electron chi connectivity index (χ4n) is 2.23. The number of benzene rings is 1. The molecule has 0 aliphatic heterocycles. The average Bonchev–Trinajstić information content (AvgIpc) is 2.92. The number of nitrogens with zero attached hydrogens (tertiary/aromatic N) is 2. The predicted octanol–water partition coefficient (Wildman–Crippen LogP) is 2.13. The third kappa shape index (κ3) is 5.07. The van der Waals surface area contributed by atoms with Gasteiger partial charge in [-0.25, -0.2) is 0 Å². The summed E-state index contributed by atoms with van der Waals surface area (Å²) in [5, 5.41) is 9.55. The van der Waals surface area contributed by atoms with Crippen LogP contribution < -0.4 is 15.4 Å². The van der Waals surface area contributed by atoms with Crippen LogP contribution in [0.1, 0.15) is 29.9 Å². The molecule has 0 unspecified atom stereocenters. The van der Waals surface area contributed by atoms with Gasteiger partial charge in [0, 0.05) is 13.6 Å². The minimum atomic E-state index is -0.353. The highest BCUT2D eigenvalue weighted by molar-refractivity contribution is 6.02. The van der Waals surface area contributed by atoms with Crippen molar-refractivity contribution in [3.05, 3.63) is 41.7 Å². The van der Waals surface area contributed by atoms with E-state index < -0.39 is 0 Å². The van der Waals surface area contributed by atoms with Crippen molar-refractivity contribution in [3.63, 3.8) is 0 Å². The molecule has 2 rings (SSSR count). The average molecular weight is 344 g/mol. The summed E-state index contributed by atoms with van der Waals surface area (Å²) in [5.74, 6) is 0.356. The molecule has 0 bridgehead atoms. The van der Waals surface area contributed by atoms with Crippen LogP contribution in [-0.4, -0.2) is 34.7 Å². The molecule has 0 fully saturated rings. The minimum Gasteiger partial charge on any atom is -0.483 e. The Morgan fingerprint density at radius 2 is 2.00 bits per heavy atom. The first-order chi connectivity index (χ1) is 11.9. The normalized spacial score (nSPS) is 10.6. The number of amides is 2. The first-order valence-electron chi connectivity index (χ1n) is 8.17. The quantitative estimate of drug-likeness (QED) is 0.806. The Morgan fingerprint density at radius 3 is 2.68 bits per heavy atom. The fraction of sp³-hybridized carbons (Fsp3) is 0.389. The molecule has 2 amide bonds. The lowest BCUT2D eigenvalue weighted by Gasteiger charge is -2.11. The molecule has 134 valence electrons. The highest BCUT2D eigenvalue weighted by Crippen LogP contribution is 2.17. The van der Waals surface area contributed by atoms with Gasteiger partial charge in [-0.1, -0.05) is 32.0 Å². The molecule has 7 nitrogen and oxygen atoms in total. The maximum atomic E-state index is 12.3. The number of para-hydroxylation sites is 1. The van der Waals surface area contributed by atoms with E-state index in [9.17, 15) is 9.59 Å². The second-order valence-electron chi connectivity index (χ2n) is 6.24. The summed E-state index contributed by atoms with van der Waals surface area (Å²) in [6.45, 7) is 6.33. The van der Waals surface area contributed by atoms with Gasteiger partial charge >= 0.3 is 0 Å². The van der Waals surface area contributed by atoms with Gasteiger partial charge in [-0.3, -0.25) is 14.3 Å². The maximum absolute atomic E-state index is 12.3. The molecule has 1 aromatic heterocycles. The molecule has 25 heavy (non-hydrogen) atoms. The zero-order valence-corrected chi connectivity index (χ0v) is 15.0. The minimum absolute atomic E-state index is 0.146. The Balaban J connectivity index is 1.99. The lowest BCUT2D eigenvalue weighted by molar-refractivity contribution is -0.118. The van der Waals surface area contributed by atoms with E-state index in [1.165, 1.54) is 10.9 Å². The van der Waals surface area contributed by atoms with Crippen molar-refractivity contribution in [2.24, 2.45) is 13.0 Å². The highest BCUT2D eigenvalue weighted by atomic mass is 16.5. The van der Waals surface area contributed by atoms with Gasteiger partial charge in [0.2, 0.25) is 0 Å². The van der Waals surface area contributed by atoms with Crippen LogP contribution in [-0.2, 0) is 11.8 Å². The third-order valence-corrected chi connectivity index (χ3v) is 3.55. The Morgan fingerprint density at radius 1 is 1.28 bits per heavy atom. The molecular weight excluding hydrogens is 320 g/mol. The van der Waals surface area contributed by atoms with Crippen molar-refractivity contribution in [3.8, 4) is 5.75 Å². The van der Waals surface area contributed by atoms with Crippen molar-refractivity contribution in [1.82, 2.24) is 15.1 Å². The Kier molecular flexibility index (Phi) is 6.16. The lowest BCUT2D eigenvalue weighted by atomic mass is 10.2. The zero-order chi connectivity index (χ0) is 18.4. The lowest BCUT2D eigenvalue weighted by Crippen LogP contribution is -2.30. The van der Waals surface area contributed by atoms with Crippen LogP contribution in [0.4, 0.5) is 5.69 Å². The standard InChI is InChI=1S/C18H24N4O3/c1-12(2)9-19-18(24)17-14(10-20-22(17)4)21-16(23)11-25-15-8-6-5-7-13(15)3/h5-8,10,12H,9,11H2,1-4H3,(H,19,24)(H,21,23). The molecule has 0 atom stereocenters. The van der Waals surface area contributed by atoms with E-state index in [4.69, 9.17) is 4.74 Å². The number of hydrogen-bond donors (Lipinski definition) is 2. The maximum Gasteiger partial charge on any atom is 0.271 e. The molecule has 2 aromatic rings. The highest BCUT2D eigenvalue weighted by Gasteiger charge is 2.19. The zero-order valence-electron chi connectivity index (χ0n) is 15.0. The van der Waals surface area contributed by atoms with E-state index in [0.29, 0.717) is 29.6 Å². The van der Waals surface area contributed by atoms with Crippen LogP contribution in [0.25, 0.3) is 0 Å². The fourth-order valence-corrected chi connectivity index (χ4v) is 2.23.